The van der Waals surface area contributed by atoms with Crippen LogP contribution in [0.25, 0.3) is 5.52 Å². The Morgan fingerprint density at radius 1 is 1.22 bits per heavy atom. The molecule has 2 aliphatic rings. The van der Waals surface area contributed by atoms with Gasteiger partial charge in [0.2, 0.25) is 5.60 Å². The number of carbonyl (C=O) groups excluding carboxylic acids is 3. The van der Waals surface area contributed by atoms with Gasteiger partial charge in [0.15, 0.2) is 11.9 Å². The largest absolute Gasteiger partial charge is 0.463 e. The van der Waals surface area contributed by atoms with Gasteiger partial charge in [-0.05, 0) is 57.1 Å². The number of fused-ring (bicyclic) bond motifs is 1. The van der Waals surface area contributed by atoms with Crippen molar-refractivity contribution in [2.24, 2.45) is 17.1 Å². The van der Waals surface area contributed by atoms with Crippen LogP contribution in [-0.4, -0.2) is 80.7 Å². The van der Waals surface area contributed by atoms with E-state index in [1.165, 1.54) is 16.9 Å². The third kappa shape index (κ3) is 7.33. The lowest BCUT2D eigenvalue weighted by molar-refractivity contribution is -0.163. The number of nitriles is 1. The minimum Gasteiger partial charge on any atom is -0.463 e. The summed E-state index contributed by atoms with van der Waals surface area (Å²) in [5.74, 6) is -1.34. The zero-order chi connectivity index (χ0) is 33.9. The van der Waals surface area contributed by atoms with E-state index in [0.29, 0.717) is 12.1 Å². The topological polar surface area (TPSA) is 200 Å². The maximum Gasteiger partial charge on any atom is 0.323 e. The fourth-order valence-electron chi connectivity index (χ4n) is 5.86. The number of nitrogens with two attached hydrogens (primary N) is 1. The maximum absolute atomic E-state index is 13.1. The van der Waals surface area contributed by atoms with Gasteiger partial charge in [-0.15, -0.1) is 0 Å². The van der Waals surface area contributed by atoms with E-state index < -0.39 is 58.8 Å². The molecule has 5 atom stereocenters. The van der Waals surface area contributed by atoms with Gasteiger partial charge in [0.1, 0.15) is 48.4 Å². The zero-order valence-electron chi connectivity index (χ0n) is 27.4. The Kier molecular flexibility index (Phi) is 10.7. The van der Waals surface area contributed by atoms with Gasteiger partial charge in [-0.1, -0.05) is 40.0 Å². The Morgan fingerprint density at radius 2 is 1.91 bits per heavy atom. The lowest BCUT2D eigenvalue weighted by atomic mass is 9.87. The number of nitrogens with zero attached hydrogens (tertiary/aromatic N) is 4. The summed E-state index contributed by atoms with van der Waals surface area (Å²) in [6.45, 7) is 10.3. The monoisotopic (exact) mass is 642 g/mol. The molecule has 4 rings (SSSR count). The molecule has 0 bridgehead atoms. The van der Waals surface area contributed by atoms with Crippen LogP contribution in [-0.2, 0) is 38.9 Å². The van der Waals surface area contributed by atoms with E-state index in [1.807, 2.05) is 6.07 Å². The number of carbonyl (C=O) groups is 3. The number of esters is 2. The Balaban J connectivity index is 1.65. The van der Waals surface area contributed by atoms with Crippen molar-refractivity contribution < 1.29 is 38.4 Å². The molecule has 1 aliphatic heterocycles. The molecule has 2 aromatic rings. The summed E-state index contributed by atoms with van der Waals surface area (Å²) in [5, 5.41) is 29.2. The fourth-order valence-corrected chi connectivity index (χ4v) is 5.86. The first kappa shape index (κ1) is 35.2. The predicted molar refractivity (Wildman–Crippen MR) is 165 cm³/mol. The first-order chi connectivity index (χ1) is 21.6. The summed E-state index contributed by atoms with van der Waals surface area (Å²) < 4.78 is 24.3. The van der Waals surface area contributed by atoms with E-state index in [-0.39, 0.29) is 30.5 Å². The molecule has 2 aromatic heterocycles. The zero-order valence-corrected chi connectivity index (χ0v) is 27.4. The standard InChI is InChI=1S/C32H46N6O8/c1-7-44-31(5,6)29(42)37-27-20-13-14-22(38(20)36-18-35-27)32(17-33)26(40)24(45-28(41)25(34)30(2,3)4)21(46-32)16-43-23(39)15-19-11-9-8-10-12-19/h13-14,18-19,21,24-26,40H,7-12,15-16,34H2,1-6H3,(H,35,36,37,42)/t21-,24-,25-,26-,32+/m1/s1. The van der Waals surface area contributed by atoms with Crippen molar-refractivity contribution in [1.29, 1.82) is 5.26 Å². The first-order valence-electron chi connectivity index (χ1n) is 15.8. The number of aromatic nitrogens is 3. The smallest absolute Gasteiger partial charge is 0.323 e. The Hall–Kier alpha value is -3.64. The second-order valence-electron chi connectivity index (χ2n) is 13.6. The number of hydrogen-bond acceptors (Lipinski definition) is 12. The minimum atomic E-state index is -2.12. The van der Waals surface area contributed by atoms with Crippen LogP contribution in [0, 0.1) is 22.7 Å². The normalized spacial score (nSPS) is 24.7. The highest BCUT2D eigenvalue weighted by Crippen LogP contribution is 2.42. The number of aliphatic hydroxyl groups is 1. The third-order valence-electron chi connectivity index (χ3n) is 8.74. The number of nitrogens with one attached hydrogen (secondary N) is 1. The number of anilines is 1. The van der Waals surface area contributed by atoms with Crippen LogP contribution in [0.15, 0.2) is 18.5 Å². The molecule has 252 valence electrons. The van der Waals surface area contributed by atoms with Gasteiger partial charge < -0.3 is 35.1 Å². The lowest BCUT2D eigenvalue weighted by Crippen LogP contribution is -2.49. The molecule has 14 nitrogen and oxygen atoms in total. The van der Waals surface area contributed by atoms with Gasteiger partial charge in [0.25, 0.3) is 5.91 Å². The van der Waals surface area contributed by atoms with Crippen LogP contribution in [0.3, 0.4) is 0 Å². The minimum absolute atomic E-state index is 0.0802. The van der Waals surface area contributed by atoms with Crippen LogP contribution in [0.5, 0.6) is 0 Å². The molecule has 3 heterocycles. The van der Waals surface area contributed by atoms with E-state index in [9.17, 15) is 24.8 Å². The summed E-state index contributed by atoms with van der Waals surface area (Å²) in [6.07, 6.45) is 2.24. The Morgan fingerprint density at radius 3 is 2.54 bits per heavy atom. The highest BCUT2D eigenvalue weighted by molar-refractivity contribution is 5.98. The van der Waals surface area contributed by atoms with Crippen molar-refractivity contribution in [2.75, 3.05) is 18.5 Å². The molecule has 0 unspecified atom stereocenters. The summed E-state index contributed by atoms with van der Waals surface area (Å²) in [6, 6.07) is 4.04. The van der Waals surface area contributed by atoms with E-state index in [4.69, 9.17) is 24.7 Å². The molecule has 1 saturated heterocycles. The van der Waals surface area contributed by atoms with Gasteiger partial charge >= 0.3 is 11.9 Å². The van der Waals surface area contributed by atoms with Gasteiger partial charge in [-0.25, -0.2) is 9.50 Å². The molecule has 1 aliphatic carbocycles. The van der Waals surface area contributed by atoms with Crippen LogP contribution in [0.1, 0.15) is 85.8 Å². The molecule has 0 spiro atoms. The average Bonchev–Trinajstić information content (AvgIpc) is 3.56. The Labute approximate surface area is 268 Å². The van der Waals surface area contributed by atoms with Crippen LogP contribution in [0.4, 0.5) is 5.82 Å². The van der Waals surface area contributed by atoms with Gasteiger partial charge in [-0.3, -0.25) is 14.4 Å². The number of amides is 1. The molecule has 0 radical (unpaired) electrons. The van der Waals surface area contributed by atoms with Gasteiger partial charge in [0, 0.05) is 13.0 Å². The van der Waals surface area contributed by atoms with Crippen molar-refractivity contribution in [3.8, 4) is 6.07 Å². The molecule has 1 amide bonds. The quantitative estimate of drug-likeness (QED) is 0.303. The van der Waals surface area contributed by atoms with E-state index in [2.05, 4.69) is 15.4 Å². The number of ether oxygens (including phenoxy) is 4. The lowest BCUT2D eigenvalue weighted by Gasteiger charge is -2.29. The first-order valence-corrected chi connectivity index (χ1v) is 15.8. The van der Waals surface area contributed by atoms with Crippen LogP contribution < -0.4 is 11.1 Å². The molecule has 2 fully saturated rings. The van der Waals surface area contributed by atoms with Crippen molar-refractivity contribution in [1.82, 2.24) is 14.6 Å². The SMILES string of the molecule is CCOC(C)(C)C(=O)Nc1ncnn2c([C@]3(C#N)O[C@H](COC(=O)CC4CCCCC4)[C@@H](OC(=O)[C@@H](N)C(C)(C)C)[C@H]3O)ccc12. The summed E-state index contributed by atoms with van der Waals surface area (Å²) in [7, 11) is 0. The third-order valence-corrected chi connectivity index (χ3v) is 8.74. The molecular weight excluding hydrogens is 596 g/mol. The van der Waals surface area contributed by atoms with E-state index in [0.717, 1.165) is 32.1 Å². The molecule has 1 saturated carbocycles. The van der Waals surface area contributed by atoms with Gasteiger partial charge in [0.05, 0.1) is 5.69 Å². The van der Waals surface area contributed by atoms with Crippen LogP contribution >= 0.6 is 0 Å². The summed E-state index contributed by atoms with van der Waals surface area (Å²) >= 11 is 0. The van der Waals surface area contributed by atoms with Gasteiger partial charge in [-0.2, -0.15) is 10.4 Å². The number of aliphatic hydroxyl groups excluding tert-OH is 1. The average molecular weight is 643 g/mol. The van der Waals surface area contributed by atoms with E-state index in [1.54, 1.807) is 47.6 Å². The second kappa shape index (κ2) is 14.0. The number of hydrogen-bond donors (Lipinski definition) is 3. The Bertz CT molecular complexity index is 1460. The second-order valence-corrected chi connectivity index (χ2v) is 13.6. The fraction of sp³-hybridized carbons (Fsp3) is 0.688. The molecule has 14 heteroatoms. The molecule has 0 aromatic carbocycles. The molecule has 46 heavy (non-hydrogen) atoms. The van der Waals surface area contributed by atoms with Crippen molar-refractivity contribution >= 4 is 29.2 Å². The van der Waals surface area contributed by atoms with Crippen LogP contribution in [0.2, 0.25) is 0 Å². The predicted octanol–water partition coefficient (Wildman–Crippen LogP) is 2.76. The summed E-state index contributed by atoms with van der Waals surface area (Å²) in [4.78, 5) is 43.1. The number of rotatable bonds is 11. The highest BCUT2D eigenvalue weighted by atomic mass is 16.6. The van der Waals surface area contributed by atoms with Crippen molar-refractivity contribution in [3.63, 3.8) is 0 Å². The van der Waals surface area contributed by atoms with E-state index >= 15 is 0 Å². The van der Waals surface area contributed by atoms with Crippen molar-refractivity contribution in [3.05, 3.63) is 24.2 Å². The molecular formula is C32H46N6O8. The van der Waals surface area contributed by atoms with Crippen molar-refractivity contribution in [2.45, 2.75) is 116 Å². The maximum atomic E-state index is 13.1. The molecule has 4 N–H and O–H groups in total. The summed E-state index contributed by atoms with van der Waals surface area (Å²) in [5.41, 5.74) is 2.59. The highest BCUT2D eigenvalue weighted by Gasteiger charge is 2.60.